The van der Waals surface area contributed by atoms with E-state index >= 15 is 0 Å². The second kappa shape index (κ2) is 5.95. The summed E-state index contributed by atoms with van der Waals surface area (Å²) >= 11 is 0. The Morgan fingerprint density at radius 1 is 1.08 bits per heavy atom. The third-order valence-electron chi connectivity index (χ3n) is 6.55. The Balaban J connectivity index is 1.41. The number of nitrogens with one attached hydrogen (secondary N) is 1. The van der Waals surface area contributed by atoms with E-state index in [9.17, 15) is 10.2 Å². The third-order valence-corrected chi connectivity index (χ3v) is 6.55. The van der Waals surface area contributed by atoms with Gasteiger partial charge in [0.1, 0.15) is 0 Å². The van der Waals surface area contributed by atoms with Gasteiger partial charge in [-0.1, -0.05) is 42.5 Å². The van der Waals surface area contributed by atoms with Crippen molar-refractivity contribution in [3.05, 3.63) is 71.9 Å². The van der Waals surface area contributed by atoms with E-state index in [4.69, 9.17) is 0 Å². The minimum absolute atomic E-state index is 0.137. The number of aromatic nitrogens is 1. The summed E-state index contributed by atoms with van der Waals surface area (Å²) in [6.07, 6.45) is 1.58. The van der Waals surface area contributed by atoms with Crippen molar-refractivity contribution < 1.29 is 10.2 Å². The number of likely N-dealkylation sites (tertiary alicyclic amines) is 1. The van der Waals surface area contributed by atoms with Gasteiger partial charge in [-0.25, -0.2) is 0 Å². The summed E-state index contributed by atoms with van der Waals surface area (Å²) in [6, 6.07) is 18.8. The highest BCUT2D eigenvalue weighted by molar-refractivity contribution is 5.82. The zero-order valence-electron chi connectivity index (χ0n) is 14.7. The Morgan fingerprint density at radius 2 is 1.92 bits per heavy atom. The number of hydrogen-bond donors (Lipinski definition) is 3. The Hall–Kier alpha value is -2.14. The zero-order chi connectivity index (χ0) is 17.7. The molecule has 0 amide bonds. The van der Waals surface area contributed by atoms with Gasteiger partial charge in [-0.05, 0) is 35.1 Å². The van der Waals surface area contributed by atoms with E-state index in [2.05, 4.69) is 46.3 Å². The van der Waals surface area contributed by atoms with Crippen LogP contribution in [0.25, 0.3) is 10.9 Å². The Bertz CT molecular complexity index is 922. The number of rotatable bonds is 4. The molecule has 2 aromatic carbocycles. The van der Waals surface area contributed by atoms with Gasteiger partial charge in [0.25, 0.3) is 0 Å². The predicted molar refractivity (Wildman–Crippen MR) is 102 cm³/mol. The number of aliphatic hydroxyl groups excluding tert-OH is 2. The molecule has 1 aliphatic carbocycles. The van der Waals surface area contributed by atoms with Crippen molar-refractivity contribution in [3.8, 4) is 0 Å². The lowest BCUT2D eigenvalue weighted by atomic mass is 9.95. The van der Waals surface area contributed by atoms with Crippen LogP contribution < -0.4 is 0 Å². The third kappa shape index (κ3) is 2.26. The molecule has 0 bridgehead atoms. The Morgan fingerprint density at radius 3 is 2.73 bits per heavy atom. The van der Waals surface area contributed by atoms with Crippen LogP contribution in [0.2, 0.25) is 0 Å². The lowest BCUT2D eigenvalue weighted by Gasteiger charge is -2.17. The second-order valence-corrected chi connectivity index (χ2v) is 7.83. The Labute approximate surface area is 153 Å². The summed E-state index contributed by atoms with van der Waals surface area (Å²) < 4.78 is 0. The number of hydrogen-bond acceptors (Lipinski definition) is 3. The molecule has 5 rings (SSSR count). The van der Waals surface area contributed by atoms with Gasteiger partial charge in [0.15, 0.2) is 0 Å². The molecule has 134 valence electrons. The van der Waals surface area contributed by atoms with Crippen molar-refractivity contribution in [2.45, 2.75) is 18.6 Å². The van der Waals surface area contributed by atoms with Crippen molar-refractivity contribution in [2.24, 2.45) is 11.3 Å². The van der Waals surface area contributed by atoms with Crippen LogP contribution in [-0.2, 0) is 6.54 Å². The van der Waals surface area contributed by atoms with Crippen molar-refractivity contribution in [3.63, 3.8) is 0 Å². The number of aromatic amines is 1. The summed E-state index contributed by atoms with van der Waals surface area (Å²) in [5.41, 5.74) is 3.46. The normalized spacial score (nSPS) is 31.1. The van der Waals surface area contributed by atoms with E-state index in [1.165, 1.54) is 16.5 Å². The van der Waals surface area contributed by atoms with E-state index in [-0.39, 0.29) is 23.9 Å². The molecule has 2 aliphatic rings. The molecule has 0 radical (unpaired) electrons. The van der Waals surface area contributed by atoms with Crippen LogP contribution in [0.15, 0.2) is 60.8 Å². The molecule has 4 heteroatoms. The van der Waals surface area contributed by atoms with E-state index in [1.807, 2.05) is 24.4 Å². The van der Waals surface area contributed by atoms with Crippen molar-refractivity contribution >= 4 is 10.9 Å². The number of H-pyrrole nitrogens is 1. The molecule has 1 aliphatic heterocycles. The largest absolute Gasteiger partial charge is 0.396 e. The molecule has 1 saturated heterocycles. The monoisotopic (exact) mass is 348 g/mol. The van der Waals surface area contributed by atoms with Gasteiger partial charge in [-0.2, -0.15) is 0 Å². The first-order valence-electron chi connectivity index (χ1n) is 9.35. The number of fused-ring (bicyclic) bond motifs is 1. The van der Waals surface area contributed by atoms with Crippen LogP contribution in [0.3, 0.4) is 0 Å². The fourth-order valence-electron chi connectivity index (χ4n) is 5.31. The molecule has 2 heterocycles. The van der Waals surface area contributed by atoms with E-state index < -0.39 is 6.10 Å². The molecule has 1 saturated carbocycles. The maximum atomic E-state index is 10.9. The highest BCUT2D eigenvalue weighted by atomic mass is 16.3. The molecule has 26 heavy (non-hydrogen) atoms. The van der Waals surface area contributed by atoms with Crippen LogP contribution in [0, 0.1) is 11.3 Å². The number of aliphatic hydroxyl groups is 2. The van der Waals surface area contributed by atoms with Crippen LogP contribution in [0.4, 0.5) is 0 Å². The molecule has 1 spiro atoms. The highest BCUT2D eigenvalue weighted by Gasteiger charge is 2.70. The van der Waals surface area contributed by atoms with Gasteiger partial charge in [0.2, 0.25) is 0 Å². The molecule has 1 aromatic heterocycles. The standard InChI is InChI=1S/C22H24N2O2/c25-13-18-21(15-5-2-1-3-6-15)22(18)14-24(12-20(22)26)11-16-7-4-8-19-17(16)9-10-23-19/h1-10,18,20-21,23,25-26H,11-14H2/t18-,20-,21-,22-/m1/s1. The number of benzene rings is 2. The highest BCUT2D eigenvalue weighted by Crippen LogP contribution is 2.68. The number of β-amino-alcohol motifs (C(OH)–C–C–N with tert-alkyl or cyclic N) is 1. The second-order valence-electron chi connectivity index (χ2n) is 7.83. The van der Waals surface area contributed by atoms with Gasteiger partial charge in [0.05, 0.1) is 6.10 Å². The average Bonchev–Trinajstić information content (AvgIpc) is 2.92. The topological polar surface area (TPSA) is 59.5 Å². The SMILES string of the molecule is OC[C@@H]1[C@@H](c2ccccc2)[C@]12CN(Cc1cccc3[nH]ccc13)C[C@H]2O. The minimum Gasteiger partial charge on any atom is -0.396 e. The van der Waals surface area contributed by atoms with Gasteiger partial charge in [-0.3, -0.25) is 4.90 Å². The smallest absolute Gasteiger partial charge is 0.0745 e. The molecular weight excluding hydrogens is 324 g/mol. The first kappa shape index (κ1) is 16.1. The Kier molecular flexibility index (Phi) is 3.67. The van der Waals surface area contributed by atoms with Crippen molar-refractivity contribution in [2.75, 3.05) is 19.7 Å². The van der Waals surface area contributed by atoms with E-state index in [0.29, 0.717) is 6.54 Å². The summed E-state index contributed by atoms with van der Waals surface area (Å²) in [4.78, 5) is 5.61. The maximum Gasteiger partial charge on any atom is 0.0745 e. The van der Waals surface area contributed by atoms with Gasteiger partial charge < -0.3 is 15.2 Å². The number of nitrogens with zero attached hydrogens (tertiary/aromatic N) is 1. The fraction of sp³-hybridized carbons (Fsp3) is 0.364. The van der Waals surface area contributed by atoms with Crippen molar-refractivity contribution in [1.29, 1.82) is 0 Å². The summed E-state index contributed by atoms with van der Waals surface area (Å²) in [6.45, 7) is 2.46. The van der Waals surface area contributed by atoms with Crippen molar-refractivity contribution in [1.82, 2.24) is 9.88 Å². The van der Waals surface area contributed by atoms with Gasteiger partial charge in [0, 0.05) is 48.8 Å². The molecule has 2 fully saturated rings. The summed E-state index contributed by atoms with van der Waals surface area (Å²) in [5.74, 6) is 0.393. The fourth-order valence-corrected chi connectivity index (χ4v) is 5.31. The maximum absolute atomic E-state index is 10.9. The summed E-state index contributed by atoms with van der Waals surface area (Å²) in [7, 11) is 0. The lowest BCUT2D eigenvalue weighted by Crippen LogP contribution is -2.23. The summed E-state index contributed by atoms with van der Waals surface area (Å²) in [5, 5.41) is 22.1. The van der Waals surface area contributed by atoms with Crippen LogP contribution in [0.1, 0.15) is 17.0 Å². The van der Waals surface area contributed by atoms with Crippen LogP contribution in [0.5, 0.6) is 0 Å². The van der Waals surface area contributed by atoms with E-state index in [0.717, 1.165) is 18.6 Å². The van der Waals surface area contributed by atoms with Crippen LogP contribution in [-0.4, -0.2) is 45.9 Å². The average molecular weight is 348 g/mol. The molecule has 4 atom stereocenters. The van der Waals surface area contributed by atoms with E-state index in [1.54, 1.807) is 0 Å². The molecule has 4 nitrogen and oxygen atoms in total. The predicted octanol–water partition coefficient (Wildman–Crippen LogP) is 2.74. The molecule has 3 N–H and O–H groups in total. The molecule has 3 aromatic rings. The molecular formula is C22H24N2O2. The lowest BCUT2D eigenvalue weighted by molar-refractivity contribution is 0.111. The first-order valence-corrected chi connectivity index (χ1v) is 9.35. The molecule has 0 unspecified atom stereocenters. The zero-order valence-corrected chi connectivity index (χ0v) is 14.7. The first-order chi connectivity index (χ1) is 12.7. The van der Waals surface area contributed by atoms with Gasteiger partial charge in [-0.15, -0.1) is 0 Å². The minimum atomic E-state index is -0.393. The van der Waals surface area contributed by atoms with Crippen LogP contribution >= 0.6 is 0 Å². The van der Waals surface area contributed by atoms with Gasteiger partial charge >= 0.3 is 0 Å². The quantitative estimate of drug-likeness (QED) is 0.679.